The molecule has 4 amide bonds. The van der Waals surface area contributed by atoms with E-state index in [0.717, 1.165) is 16.0 Å². The third kappa shape index (κ3) is 4.70. The van der Waals surface area contributed by atoms with E-state index in [0.29, 0.717) is 19.5 Å². The van der Waals surface area contributed by atoms with Crippen LogP contribution in [0.1, 0.15) is 11.1 Å². The summed E-state index contributed by atoms with van der Waals surface area (Å²) in [4.78, 5) is 44.8. The lowest BCUT2D eigenvalue weighted by molar-refractivity contribution is -0.137. The maximum absolute atomic E-state index is 13.1. The predicted molar refractivity (Wildman–Crippen MR) is 99.5 cm³/mol. The van der Waals surface area contributed by atoms with Crippen LogP contribution in [0.3, 0.4) is 0 Å². The van der Waals surface area contributed by atoms with Crippen LogP contribution >= 0.6 is 0 Å². The molecule has 0 radical (unpaired) electrons. The molecular weight excluding hydrogens is 363 g/mol. The average molecular weight is 384 g/mol. The van der Waals surface area contributed by atoms with Gasteiger partial charge in [-0.25, -0.2) is 9.18 Å². The van der Waals surface area contributed by atoms with Crippen LogP contribution in [-0.4, -0.2) is 64.2 Å². The Bertz CT molecular complexity index is 858. The predicted octanol–water partition coefficient (Wildman–Crippen LogP) is 1.69. The Morgan fingerprint density at radius 3 is 2.54 bits per heavy atom. The summed E-state index contributed by atoms with van der Waals surface area (Å²) >= 11 is 0. The number of likely N-dealkylation sites (N-methyl/N-ethyl adjacent to an activating group) is 1. The standard InChI is InChI=1S/C20H21FN4O3/c1-23-13-19(27)25(20(23)28)14-18(26)24(12-16-3-2-9-22-11-16)10-8-15-4-6-17(21)7-5-15/h2-7,9,11H,8,10,12-14H2,1H3. The zero-order valence-electron chi connectivity index (χ0n) is 15.5. The van der Waals surface area contributed by atoms with Crippen LogP contribution in [0.5, 0.6) is 0 Å². The molecule has 1 aromatic carbocycles. The molecule has 3 rings (SSSR count). The molecule has 1 fully saturated rings. The minimum atomic E-state index is -0.474. The van der Waals surface area contributed by atoms with E-state index in [1.165, 1.54) is 24.1 Å². The molecule has 0 unspecified atom stereocenters. The number of hydrogen-bond donors (Lipinski definition) is 0. The highest BCUT2D eigenvalue weighted by Crippen LogP contribution is 2.12. The quantitative estimate of drug-likeness (QED) is 0.681. The van der Waals surface area contributed by atoms with E-state index < -0.39 is 6.03 Å². The van der Waals surface area contributed by atoms with Gasteiger partial charge in [-0.3, -0.25) is 19.5 Å². The van der Waals surface area contributed by atoms with Gasteiger partial charge in [-0.15, -0.1) is 0 Å². The first-order valence-electron chi connectivity index (χ1n) is 8.90. The van der Waals surface area contributed by atoms with Gasteiger partial charge in [0.25, 0.3) is 5.91 Å². The maximum atomic E-state index is 13.1. The molecule has 1 aliphatic rings. The first-order valence-corrected chi connectivity index (χ1v) is 8.90. The van der Waals surface area contributed by atoms with Crippen molar-refractivity contribution in [3.05, 3.63) is 65.7 Å². The first kappa shape index (κ1) is 19.5. The van der Waals surface area contributed by atoms with Gasteiger partial charge in [0.15, 0.2) is 0 Å². The van der Waals surface area contributed by atoms with Crippen LogP contribution in [0.2, 0.25) is 0 Å². The molecular formula is C20H21FN4O3. The lowest BCUT2D eigenvalue weighted by Crippen LogP contribution is -2.43. The molecule has 28 heavy (non-hydrogen) atoms. The van der Waals surface area contributed by atoms with E-state index in [1.54, 1.807) is 35.5 Å². The van der Waals surface area contributed by atoms with Crippen molar-refractivity contribution >= 4 is 17.8 Å². The second-order valence-corrected chi connectivity index (χ2v) is 6.67. The van der Waals surface area contributed by atoms with Crippen LogP contribution < -0.4 is 0 Å². The topological polar surface area (TPSA) is 73.8 Å². The second-order valence-electron chi connectivity index (χ2n) is 6.67. The third-order valence-corrected chi connectivity index (χ3v) is 4.56. The lowest BCUT2D eigenvalue weighted by Gasteiger charge is -2.25. The average Bonchev–Trinajstić information content (AvgIpc) is 2.93. The van der Waals surface area contributed by atoms with Crippen LogP contribution in [0.25, 0.3) is 0 Å². The molecule has 0 atom stereocenters. The van der Waals surface area contributed by atoms with Crippen molar-refractivity contribution in [1.82, 2.24) is 19.7 Å². The van der Waals surface area contributed by atoms with E-state index in [1.807, 2.05) is 6.07 Å². The van der Waals surface area contributed by atoms with Gasteiger partial charge in [0.05, 0.1) is 0 Å². The molecule has 1 aromatic heterocycles. The fourth-order valence-electron chi connectivity index (χ4n) is 2.98. The van der Waals surface area contributed by atoms with Crippen LogP contribution in [0, 0.1) is 5.82 Å². The number of amides is 4. The van der Waals surface area contributed by atoms with E-state index >= 15 is 0 Å². The number of hydrogen-bond acceptors (Lipinski definition) is 4. The largest absolute Gasteiger partial charge is 0.336 e. The summed E-state index contributed by atoms with van der Waals surface area (Å²) < 4.78 is 13.1. The summed E-state index contributed by atoms with van der Waals surface area (Å²) in [5, 5.41) is 0. The van der Waals surface area contributed by atoms with E-state index in [2.05, 4.69) is 4.98 Å². The normalized spacial score (nSPS) is 13.9. The zero-order chi connectivity index (χ0) is 20.1. The number of urea groups is 1. The molecule has 0 aliphatic carbocycles. The molecule has 0 spiro atoms. The SMILES string of the molecule is CN1CC(=O)N(CC(=O)N(CCc2ccc(F)cc2)Cc2cccnc2)C1=O. The van der Waals surface area contributed by atoms with Crippen LogP contribution in [-0.2, 0) is 22.6 Å². The fourth-order valence-corrected chi connectivity index (χ4v) is 2.98. The smallest absolute Gasteiger partial charge is 0.327 e. The lowest BCUT2D eigenvalue weighted by atomic mass is 10.1. The van der Waals surface area contributed by atoms with Crippen molar-refractivity contribution in [3.63, 3.8) is 0 Å². The highest BCUT2D eigenvalue weighted by Gasteiger charge is 2.35. The molecule has 2 heterocycles. The van der Waals surface area contributed by atoms with Gasteiger partial charge in [0.2, 0.25) is 5.91 Å². The number of carbonyl (C=O) groups is 3. The molecule has 0 N–H and O–H groups in total. The monoisotopic (exact) mass is 384 g/mol. The Labute approximate surface area is 162 Å². The van der Waals surface area contributed by atoms with Gasteiger partial charge in [-0.05, 0) is 35.7 Å². The minimum absolute atomic E-state index is 0.0235. The Balaban J connectivity index is 1.71. The Kier molecular flexibility index (Phi) is 5.98. The molecule has 1 saturated heterocycles. The zero-order valence-corrected chi connectivity index (χ0v) is 15.5. The third-order valence-electron chi connectivity index (χ3n) is 4.56. The van der Waals surface area contributed by atoms with Crippen molar-refractivity contribution in [2.45, 2.75) is 13.0 Å². The highest BCUT2D eigenvalue weighted by atomic mass is 19.1. The molecule has 1 aliphatic heterocycles. The van der Waals surface area contributed by atoms with Gasteiger partial charge in [0, 0.05) is 32.5 Å². The van der Waals surface area contributed by atoms with Gasteiger partial charge < -0.3 is 9.80 Å². The highest BCUT2D eigenvalue weighted by molar-refractivity contribution is 6.04. The molecule has 7 nitrogen and oxygen atoms in total. The summed E-state index contributed by atoms with van der Waals surface area (Å²) in [6.45, 7) is 0.349. The number of nitrogens with zero attached hydrogens (tertiary/aromatic N) is 4. The number of pyridine rings is 1. The number of rotatable bonds is 7. The number of aromatic nitrogens is 1. The van der Waals surface area contributed by atoms with Crippen molar-refractivity contribution in [2.24, 2.45) is 0 Å². The van der Waals surface area contributed by atoms with Crippen molar-refractivity contribution in [3.8, 4) is 0 Å². The number of imide groups is 1. The van der Waals surface area contributed by atoms with Gasteiger partial charge in [-0.2, -0.15) is 0 Å². The van der Waals surface area contributed by atoms with Crippen molar-refractivity contribution in [2.75, 3.05) is 26.7 Å². The molecule has 0 saturated carbocycles. The molecule has 146 valence electrons. The Morgan fingerprint density at radius 2 is 1.93 bits per heavy atom. The van der Waals surface area contributed by atoms with Crippen molar-refractivity contribution in [1.29, 1.82) is 0 Å². The summed E-state index contributed by atoms with van der Waals surface area (Å²) in [5.41, 5.74) is 1.73. The molecule has 0 bridgehead atoms. The summed E-state index contributed by atoms with van der Waals surface area (Å²) in [7, 11) is 1.52. The number of halogens is 1. The minimum Gasteiger partial charge on any atom is -0.336 e. The van der Waals surface area contributed by atoms with E-state index in [-0.39, 0.29) is 30.7 Å². The fraction of sp³-hybridized carbons (Fsp3) is 0.300. The molecule has 8 heteroatoms. The van der Waals surface area contributed by atoms with Gasteiger partial charge in [0.1, 0.15) is 18.9 Å². The van der Waals surface area contributed by atoms with Crippen LogP contribution in [0.15, 0.2) is 48.8 Å². The van der Waals surface area contributed by atoms with E-state index in [4.69, 9.17) is 0 Å². The van der Waals surface area contributed by atoms with E-state index in [9.17, 15) is 18.8 Å². The summed E-state index contributed by atoms with van der Waals surface area (Å²) in [5.74, 6) is -1.04. The number of carbonyl (C=O) groups excluding carboxylic acids is 3. The maximum Gasteiger partial charge on any atom is 0.327 e. The summed E-state index contributed by atoms with van der Waals surface area (Å²) in [6, 6.07) is 9.25. The van der Waals surface area contributed by atoms with Gasteiger partial charge >= 0.3 is 6.03 Å². The summed E-state index contributed by atoms with van der Waals surface area (Å²) in [6.07, 6.45) is 3.83. The Hall–Kier alpha value is -3.29. The van der Waals surface area contributed by atoms with Crippen molar-refractivity contribution < 1.29 is 18.8 Å². The van der Waals surface area contributed by atoms with Gasteiger partial charge in [-0.1, -0.05) is 18.2 Å². The van der Waals surface area contributed by atoms with Crippen LogP contribution in [0.4, 0.5) is 9.18 Å². The first-order chi connectivity index (χ1) is 13.4. The molecule has 2 aromatic rings. The Morgan fingerprint density at radius 1 is 1.18 bits per heavy atom. The number of benzene rings is 1. The second kappa shape index (κ2) is 8.60.